The average molecular weight is 266 g/mol. The van der Waals surface area contributed by atoms with Gasteiger partial charge in [0.25, 0.3) is 0 Å². The van der Waals surface area contributed by atoms with Crippen LogP contribution in [0.4, 0.5) is 4.39 Å². The molecule has 0 aromatic carbocycles. The van der Waals surface area contributed by atoms with Gasteiger partial charge in [0.15, 0.2) is 5.76 Å². The lowest BCUT2D eigenvalue weighted by molar-refractivity contribution is 0.422. The SMILES string of the molecule is Cl.Cl.NCc1cc(-c2ccc(F)cn2)on1. The standard InChI is InChI=1S/C9H8FN3O.2ClH/c10-6-1-2-8(12-5-6)9-3-7(4-11)13-14-9;;/h1-3,5H,4,11H2;2*1H. The van der Waals surface area contributed by atoms with Gasteiger partial charge < -0.3 is 10.3 Å². The molecule has 7 heteroatoms. The minimum absolute atomic E-state index is 0. The van der Waals surface area contributed by atoms with E-state index in [0.717, 1.165) is 6.20 Å². The monoisotopic (exact) mass is 265 g/mol. The molecule has 0 unspecified atom stereocenters. The van der Waals surface area contributed by atoms with Crippen molar-refractivity contribution >= 4 is 24.8 Å². The third kappa shape index (κ3) is 3.16. The number of aromatic nitrogens is 2. The van der Waals surface area contributed by atoms with Crippen molar-refractivity contribution in [3.05, 3.63) is 35.9 Å². The Kier molecular flexibility index (Phi) is 5.95. The van der Waals surface area contributed by atoms with Crippen molar-refractivity contribution in [1.29, 1.82) is 0 Å². The van der Waals surface area contributed by atoms with Gasteiger partial charge in [-0.2, -0.15) is 0 Å². The molecular formula is C9H10Cl2FN3O. The van der Waals surface area contributed by atoms with Crippen LogP contribution in [0.3, 0.4) is 0 Å². The normalized spacial score (nSPS) is 9.12. The zero-order valence-electron chi connectivity index (χ0n) is 8.09. The second-order valence-corrected chi connectivity index (χ2v) is 2.75. The molecule has 88 valence electrons. The summed E-state index contributed by atoms with van der Waals surface area (Å²) in [4.78, 5) is 3.85. The van der Waals surface area contributed by atoms with Gasteiger partial charge in [-0.3, -0.25) is 0 Å². The fraction of sp³-hybridized carbons (Fsp3) is 0.111. The van der Waals surface area contributed by atoms with Crippen LogP contribution in [-0.4, -0.2) is 10.1 Å². The van der Waals surface area contributed by atoms with E-state index in [1.165, 1.54) is 12.1 Å². The molecule has 0 bridgehead atoms. The topological polar surface area (TPSA) is 64.9 Å². The molecular weight excluding hydrogens is 256 g/mol. The molecule has 0 aliphatic carbocycles. The third-order valence-electron chi connectivity index (χ3n) is 1.75. The maximum Gasteiger partial charge on any atom is 0.185 e. The second-order valence-electron chi connectivity index (χ2n) is 2.75. The second kappa shape index (κ2) is 6.42. The molecule has 0 amide bonds. The lowest BCUT2D eigenvalue weighted by Gasteiger charge is -1.92. The molecule has 2 aromatic rings. The van der Waals surface area contributed by atoms with Crippen LogP contribution in [0.15, 0.2) is 28.9 Å². The van der Waals surface area contributed by atoms with E-state index >= 15 is 0 Å². The van der Waals surface area contributed by atoms with Crippen molar-refractivity contribution in [2.45, 2.75) is 6.54 Å². The van der Waals surface area contributed by atoms with Crippen LogP contribution < -0.4 is 5.73 Å². The third-order valence-corrected chi connectivity index (χ3v) is 1.75. The van der Waals surface area contributed by atoms with E-state index in [2.05, 4.69) is 10.1 Å². The molecule has 4 nitrogen and oxygen atoms in total. The average Bonchev–Trinajstić information content (AvgIpc) is 2.67. The van der Waals surface area contributed by atoms with Crippen molar-refractivity contribution in [3.63, 3.8) is 0 Å². The van der Waals surface area contributed by atoms with Crippen molar-refractivity contribution in [3.8, 4) is 11.5 Å². The molecule has 0 aliphatic heterocycles. The summed E-state index contributed by atoms with van der Waals surface area (Å²) in [5.41, 5.74) is 6.55. The summed E-state index contributed by atoms with van der Waals surface area (Å²) < 4.78 is 17.5. The molecule has 0 saturated carbocycles. The van der Waals surface area contributed by atoms with Gasteiger partial charge in [-0.25, -0.2) is 9.37 Å². The lowest BCUT2D eigenvalue weighted by Crippen LogP contribution is -1.94. The van der Waals surface area contributed by atoms with Crippen molar-refractivity contribution in [1.82, 2.24) is 10.1 Å². The first-order chi connectivity index (χ1) is 6.79. The predicted octanol–water partition coefficient (Wildman–Crippen LogP) is 2.18. The van der Waals surface area contributed by atoms with E-state index in [9.17, 15) is 4.39 Å². The van der Waals surface area contributed by atoms with Crippen LogP contribution in [0.2, 0.25) is 0 Å². The number of pyridine rings is 1. The number of hydrogen-bond acceptors (Lipinski definition) is 4. The van der Waals surface area contributed by atoms with Gasteiger partial charge in [-0.05, 0) is 12.1 Å². The molecule has 0 radical (unpaired) electrons. The number of nitrogens with two attached hydrogens (primary N) is 1. The van der Waals surface area contributed by atoms with Gasteiger partial charge in [0, 0.05) is 12.6 Å². The quantitative estimate of drug-likeness (QED) is 0.904. The highest BCUT2D eigenvalue weighted by atomic mass is 35.5. The van der Waals surface area contributed by atoms with Gasteiger partial charge >= 0.3 is 0 Å². The first-order valence-corrected chi connectivity index (χ1v) is 4.07. The van der Waals surface area contributed by atoms with Crippen LogP contribution in [-0.2, 0) is 6.54 Å². The van der Waals surface area contributed by atoms with E-state index in [1.807, 2.05) is 0 Å². The summed E-state index contributed by atoms with van der Waals surface area (Å²) >= 11 is 0. The number of nitrogens with zero attached hydrogens (tertiary/aromatic N) is 2. The van der Waals surface area contributed by atoms with Crippen LogP contribution in [0, 0.1) is 5.82 Å². The first kappa shape index (κ1) is 14.8. The maximum absolute atomic E-state index is 12.5. The van der Waals surface area contributed by atoms with Crippen molar-refractivity contribution in [2.75, 3.05) is 0 Å². The molecule has 16 heavy (non-hydrogen) atoms. The Hall–Kier alpha value is -1.17. The molecule has 0 fully saturated rings. The summed E-state index contributed by atoms with van der Waals surface area (Å²) in [7, 11) is 0. The van der Waals surface area contributed by atoms with Gasteiger partial charge in [0.05, 0.1) is 11.9 Å². The molecule has 0 spiro atoms. The Bertz CT molecular complexity index is 433. The zero-order chi connectivity index (χ0) is 9.97. The minimum Gasteiger partial charge on any atom is -0.354 e. The van der Waals surface area contributed by atoms with E-state index in [0.29, 0.717) is 23.7 Å². The van der Waals surface area contributed by atoms with E-state index < -0.39 is 0 Å². The highest BCUT2D eigenvalue weighted by molar-refractivity contribution is 5.85. The summed E-state index contributed by atoms with van der Waals surface area (Å²) in [6.07, 6.45) is 1.12. The van der Waals surface area contributed by atoms with Crippen LogP contribution in [0.1, 0.15) is 5.69 Å². The molecule has 2 rings (SSSR count). The first-order valence-electron chi connectivity index (χ1n) is 4.07. The van der Waals surface area contributed by atoms with Crippen molar-refractivity contribution in [2.24, 2.45) is 5.73 Å². The number of hydrogen-bond donors (Lipinski definition) is 1. The highest BCUT2D eigenvalue weighted by Gasteiger charge is 2.06. The molecule has 0 saturated heterocycles. The lowest BCUT2D eigenvalue weighted by atomic mass is 10.2. The van der Waals surface area contributed by atoms with Gasteiger partial charge in [-0.15, -0.1) is 24.8 Å². The van der Waals surface area contributed by atoms with Crippen molar-refractivity contribution < 1.29 is 8.91 Å². The van der Waals surface area contributed by atoms with E-state index in [1.54, 1.807) is 6.07 Å². The Balaban J connectivity index is 0.00000112. The van der Waals surface area contributed by atoms with Crippen LogP contribution in [0.25, 0.3) is 11.5 Å². The Labute approximate surface area is 104 Å². The summed E-state index contributed by atoms with van der Waals surface area (Å²) in [5.74, 6) is 0.109. The van der Waals surface area contributed by atoms with Gasteiger partial charge in [0.2, 0.25) is 0 Å². The van der Waals surface area contributed by atoms with Gasteiger partial charge in [0.1, 0.15) is 11.5 Å². The largest absolute Gasteiger partial charge is 0.354 e. The predicted molar refractivity (Wildman–Crippen MR) is 62.1 cm³/mol. The fourth-order valence-electron chi connectivity index (χ4n) is 1.05. The Morgan fingerprint density at radius 3 is 2.56 bits per heavy atom. The smallest absolute Gasteiger partial charge is 0.185 e. The molecule has 2 N–H and O–H groups in total. The van der Waals surface area contributed by atoms with Crippen LogP contribution in [0.5, 0.6) is 0 Å². The number of rotatable bonds is 2. The summed E-state index contributed by atoms with van der Waals surface area (Å²) in [6, 6.07) is 4.52. The van der Waals surface area contributed by atoms with Crippen LogP contribution >= 0.6 is 24.8 Å². The zero-order valence-corrected chi connectivity index (χ0v) is 9.72. The highest BCUT2D eigenvalue weighted by Crippen LogP contribution is 2.17. The minimum atomic E-state index is -0.382. The maximum atomic E-state index is 12.5. The van der Waals surface area contributed by atoms with E-state index in [4.69, 9.17) is 10.3 Å². The van der Waals surface area contributed by atoms with E-state index in [-0.39, 0.29) is 30.6 Å². The molecule has 2 aromatic heterocycles. The molecule has 0 aliphatic rings. The Morgan fingerprint density at radius 1 is 1.31 bits per heavy atom. The fourth-order valence-corrected chi connectivity index (χ4v) is 1.05. The molecule has 2 heterocycles. The number of halogens is 3. The summed E-state index contributed by atoms with van der Waals surface area (Å²) in [6.45, 7) is 0.310. The summed E-state index contributed by atoms with van der Waals surface area (Å²) in [5, 5.41) is 3.70. The molecule has 0 atom stereocenters. The Morgan fingerprint density at radius 2 is 2.06 bits per heavy atom. The van der Waals surface area contributed by atoms with Gasteiger partial charge in [-0.1, -0.05) is 5.16 Å².